The number of rotatable bonds is 3. The van der Waals surface area contributed by atoms with E-state index in [1.807, 2.05) is 12.3 Å². The minimum atomic E-state index is 0.205. The quantitative estimate of drug-likeness (QED) is 0.647. The number of hydrogen-bond donors (Lipinski definition) is 0. The summed E-state index contributed by atoms with van der Waals surface area (Å²) in [5.41, 5.74) is 1.56. The summed E-state index contributed by atoms with van der Waals surface area (Å²) in [6.45, 7) is 7.39. The second kappa shape index (κ2) is 4.94. The van der Waals surface area contributed by atoms with E-state index in [-0.39, 0.29) is 5.41 Å². The van der Waals surface area contributed by atoms with Crippen molar-refractivity contribution in [1.82, 2.24) is 0 Å². The van der Waals surface area contributed by atoms with Crippen molar-refractivity contribution >= 4 is 6.21 Å². The Bertz CT molecular complexity index is 280. The van der Waals surface area contributed by atoms with Crippen molar-refractivity contribution in [3.8, 4) is 0 Å². The maximum absolute atomic E-state index is 4.41. The fraction of sp³-hybridized carbons (Fsp3) is 0.462. The van der Waals surface area contributed by atoms with Gasteiger partial charge in [-0.1, -0.05) is 51.1 Å². The first-order valence-corrected chi connectivity index (χ1v) is 5.13. The van der Waals surface area contributed by atoms with Gasteiger partial charge in [-0.3, -0.25) is 4.99 Å². The molecule has 0 aromatic heterocycles. The Morgan fingerprint density at radius 1 is 1.14 bits per heavy atom. The monoisotopic (exact) mass is 189 g/mol. The van der Waals surface area contributed by atoms with Gasteiger partial charge >= 0.3 is 0 Å². The molecule has 1 heteroatoms. The Labute approximate surface area is 86.9 Å². The summed E-state index contributed by atoms with van der Waals surface area (Å²) in [4.78, 5) is 4.41. The van der Waals surface area contributed by atoms with Crippen LogP contribution in [0.2, 0.25) is 0 Å². The zero-order valence-electron chi connectivity index (χ0n) is 9.33. The highest BCUT2D eigenvalue weighted by molar-refractivity contribution is 5.63. The summed E-state index contributed by atoms with van der Waals surface area (Å²) in [6.07, 6.45) is 3.07. The Morgan fingerprint density at radius 2 is 1.79 bits per heavy atom. The maximum Gasteiger partial charge on any atom is 0.0426 e. The molecular formula is C13H19N. The van der Waals surface area contributed by atoms with Gasteiger partial charge < -0.3 is 0 Å². The van der Waals surface area contributed by atoms with E-state index in [0.29, 0.717) is 0 Å². The van der Waals surface area contributed by atoms with Crippen LogP contribution >= 0.6 is 0 Å². The molecule has 0 aliphatic carbocycles. The molecule has 1 aromatic carbocycles. The Balaban J connectivity index is 2.33. The van der Waals surface area contributed by atoms with Gasteiger partial charge in [-0.2, -0.15) is 0 Å². The fourth-order valence-electron chi connectivity index (χ4n) is 1.18. The SMILES string of the molecule is CC(C)(C)C=NCCc1ccccc1. The molecule has 0 spiro atoms. The third kappa shape index (κ3) is 4.80. The van der Waals surface area contributed by atoms with Gasteiger partial charge in [0.1, 0.15) is 0 Å². The molecule has 0 bridgehead atoms. The average molecular weight is 189 g/mol. The Hall–Kier alpha value is -1.11. The largest absolute Gasteiger partial charge is 0.297 e. The first-order chi connectivity index (χ1) is 6.58. The van der Waals surface area contributed by atoms with Crippen molar-refractivity contribution in [2.24, 2.45) is 10.4 Å². The predicted molar refractivity (Wildman–Crippen MR) is 63.0 cm³/mol. The van der Waals surface area contributed by atoms with Gasteiger partial charge in [-0.05, 0) is 17.4 Å². The lowest BCUT2D eigenvalue weighted by Gasteiger charge is -2.09. The van der Waals surface area contributed by atoms with Gasteiger partial charge in [-0.25, -0.2) is 0 Å². The summed E-state index contributed by atoms with van der Waals surface area (Å²) in [6, 6.07) is 10.5. The zero-order chi connectivity index (χ0) is 10.4. The fourth-order valence-corrected chi connectivity index (χ4v) is 1.18. The molecule has 0 fully saturated rings. The van der Waals surface area contributed by atoms with Crippen LogP contribution in [-0.4, -0.2) is 12.8 Å². The van der Waals surface area contributed by atoms with E-state index in [1.165, 1.54) is 5.56 Å². The number of hydrogen-bond acceptors (Lipinski definition) is 1. The van der Waals surface area contributed by atoms with Crippen molar-refractivity contribution in [2.75, 3.05) is 6.54 Å². The molecule has 0 aliphatic heterocycles. The molecule has 1 nitrogen and oxygen atoms in total. The van der Waals surface area contributed by atoms with E-state index in [9.17, 15) is 0 Å². The summed E-state index contributed by atoms with van der Waals surface area (Å²) < 4.78 is 0. The van der Waals surface area contributed by atoms with Gasteiger partial charge in [0.05, 0.1) is 0 Å². The number of aliphatic imine (C=N–C) groups is 1. The molecule has 1 aromatic rings. The molecule has 0 atom stereocenters. The van der Waals surface area contributed by atoms with Gasteiger partial charge in [0.25, 0.3) is 0 Å². The summed E-state index contributed by atoms with van der Waals surface area (Å²) in [7, 11) is 0. The van der Waals surface area contributed by atoms with Crippen molar-refractivity contribution in [3.05, 3.63) is 35.9 Å². The number of benzene rings is 1. The molecule has 0 saturated carbocycles. The van der Waals surface area contributed by atoms with Crippen LogP contribution < -0.4 is 0 Å². The second-order valence-corrected chi connectivity index (χ2v) is 4.64. The van der Waals surface area contributed by atoms with E-state index >= 15 is 0 Å². The third-order valence-electron chi connectivity index (χ3n) is 1.85. The van der Waals surface area contributed by atoms with E-state index in [2.05, 4.69) is 50.0 Å². The van der Waals surface area contributed by atoms with Crippen LogP contribution in [0.15, 0.2) is 35.3 Å². The lowest BCUT2D eigenvalue weighted by Crippen LogP contribution is -2.06. The van der Waals surface area contributed by atoms with Gasteiger partial charge in [0.2, 0.25) is 0 Å². The van der Waals surface area contributed by atoms with Crippen LogP contribution in [-0.2, 0) is 6.42 Å². The summed E-state index contributed by atoms with van der Waals surface area (Å²) in [5.74, 6) is 0. The summed E-state index contributed by atoms with van der Waals surface area (Å²) >= 11 is 0. The molecule has 0 amide bonds. The zero-order valence-corrected chi connectivity index (χ0v) is 9.33. The molecule has 76 valence electrons. The molecule has 0 aliphatic rings. The lowest BCUT2D eigenvalue weighted by atomic mass is 9.99. The van der Waals surface area contributed by atoms with Crippen LogP contribution in [0.1, 0.15) is 26.3 Å². The highest BCUT2D eigenvalue weighted by atomic mass is 14.7. The van der Waals surface area contributed by atoms with Crippen LogP contribution in [0.3, 0.4) is 0 Å². The van der Waals surface area contributed by atoms with Crippen molar-refractivity contribution < 1.29 is 0 Å². The minimum Gasteiger partial charge on any atom is -0.297 e. The van der Waals surface area contributed by atoms with Crippen molar-refractivity contribution in [2.45, 2.75) is 27.2 Å². The van der Waals surface area contributed by atoms with Gasteiger partial charge in [0.15, 0.2) is 0 Å². The molecule has 0 heterocycles. The van der Waals surface area contributed by atoms with E-state index in [4.69, 9.17) is 0 Å². The van der Waals surface area contributed by atoms with E-state index < -0.39 is 0 Å². The van der Waals surface area contributed by atoms with Crippen molar-refractivity contribution in [3.63, 3.8) is 0 Å². The predicted octanol–water partition coefficient (Wildman–Crippen LogP) is 3.35. The minimum absolute atomic E-state index is 0.205. The average Bonchev–Trinajstić information content (AvgIpc) is 2.13. The number of nitrogens with zero attached hydrogens (tertiary/aromatic N) is 1. The second-order valence-electron chi connectivity index (χ2n) is 4.64. The van der Waals surface area contributed by atoms with Gasteiger partial charge in [0, 0.05) is 12.8 Å². The third-order valence-corrected chi connectivity index (χ3v) is 1.85. The molecule has 0 radical (unpaired) electrons. The molecular weight excluding hydrogens is 170 g/mol. The molecule has 1 rings (SSSR count). The normalized spacial score (nSPS) is 12.2. The van der Waals surface area contributed by atoms with Crippen LogP contribution in [0.25, 0.3) is 0 Å². The standard InChI is InChI=1S/C13H19N/c1-13(2,3)11-14-10-9-12-7-5-4-6-8-12/h4-8,11H,9-10H2,1-3H3. The molecule has 0 N–H and O–H groups in total. The summed E-state index contributed by atoms with van der Waals surface area (Å²) in [5, 5.41) is 0. The van der Waals surface area contributed by atoms with Crippen molar-refractivity contribution in [1.29, 1.82) is 0 Å². The smallest absolute Gasteiger partial charge is 0.0426 e. The lowest BCUT2D eigenvalue weighted by molar-refractivity contribution is 0.604. The van der Waals surface area contributed by atoms with Crippen LogP contribution in [0.4, 0.5) is 0 Å². The Kier molecular flexibility index (Phi) is 3.87. The first kappa shape index (κ1) is 11.0. The molecule has 14 heavy (non-hydrogen) atoms. The Morgan fingerprint density at radius 3 is 2.36 bits per heavy atom. The van der Waals surface area contributed by atoms with E-state index in [0.717, 1.165) is 13.0 Å². The maximum atomic E-state index is 4.41. The van der Waals surface area contributed by atoms with E-state index in [1.54, 1.807) is 0 Å². The topological polar surface area (TPSA) is 12.4 Å². The molecule has 0 unspecified atom stereocenters. The van der Waals surface area contributed by atoms with Crippen LogP contribution in [0.5, 0.6) is 0 Å². The molecule has 0 saturated heterocycles. The first-order valence-electron chi connectivity index (χ1n) is 5.13. The highest BCUT2D eigenvalue weighted by Crippen LogP contribution is 2.08. The van der Waals surface area contributed by atoms with Crippen LogP contribution in [0, 0.1) is 5.41 Å². The van der Waals surface area contributed by atoms with Gasteiger partial charge in [-0.15, -0.1) is 0 Å². The highest BCUT2D eigenvalue weighted by Gasteiger charge is 2.03.